The summed E-state index contributed by atoms with van der Waals surface area (Å²) in [4.78, 5) is 28.6. The summed E-state index contributed by atoms with van der Waals surface area (Å²) >= 11 is 0. The van der Waals surface area contributed by atoms with Crippen molar-refractivity contribution >= 4 is 22.7 Å². The van der Waals surface area contributed by atoms with E-state index in [2.05, 4.69) is 15.1 Å². The van der Waals surface area contributed by atoms with Crippen LogP contribution in [0, 0.1) is 5.82 Å². The summed E-state index contributed by atoms with van der Waals surface area (Å²) in [6.07, 6.45) is 1.89. The Morgan fingerprint density at radius 1 is 1.00 bits per heavy atom. The molecule has 3 heterocycles. The maximum absolute atomic E-state index is 13.4. The number of likely N-dealkylation sites (tertiary alicyclic amines) is 1. The molecule has 1 saturated heterocycles. The van der Waals surface area contributed by atoms with Crippen molar-refractivity contribution in [3.8, 4) is 0 Å². The number of imide groups is 1. The third-order valence-corrected chi connectivity index (χ3v) is 6.05. The van der Waals surface area contributed by atoms with Gasteiger partial charge in [0.2, 0.25) is 0 Å². The van der Waals surface area contributed by atoms with Crippen molar-refractivity contribution < 1.29 is 14.0 Å². The van der Waals surface area contributed by atoms with Crippen molar-refractivity contribution in [2.24, 2.45) is 0 Å². The van der Waals surface area contributed by atoms with Crippen molar-refractivity contribution in [3.63, 3.8) is 0 Å². The van der Waals surface area contributed by atoms with Crippen molar-refractivity contribution in [1.82, 2.24) is 20.0 Å². The first kappa shape index (κ1) is 18.0. The molecule has 0 unspecified atom stereocenters. The standard InChI is InChI=1S/C22H21FN4O2/c23-15-5-6-18-19(13-15)24-25-20(18)14-7-9-26(10-8-14)11-12-27-21(28)16-3-1-2-4-17(16)22(27)29/h1-6,13-14H,7-12H2,(H,24,25). The van der Waals surface area contributed by atoms with Gasteiger partial charge in [-0.25, -0.2) is 4.39 Å². The van der Waals surface area contributed by atoms with E-state index < -0.39 is 0 Å². The van der Waals surface area contributed by atoms with E-state index in [0.29, 0.717) is 30.1 Å². The molecule has 0 aliphatic carbocycles. The fourth-order valence-corrected chi connectivity index (χ4v) is 4.44. The highest BCUT2D eigenvalue weighted by Gasteiger charge is 2.35. The van der Waals surface area contributed by atoms with Crippen LogP contribution in [0.2, 0.25) is 0 Å². The summed E-state index contributed by atoms with van der Waals surface area (Å²) in [5, 5.41) is 8.34. The first-order valence-electron chi connectivity index (χ1n) is 9.93. The third kappa shape index (κ3) is 3.11. The van der Waals surface area contributed by atoms with E-state index in [1.807, 2.05) is 0 Å². The monoisotopic (exact) mass is 392 g/mol. The minimum Gasteiger partial charge on any atom is -0.302 e. The molecule has 2 aliphatic heterocycles. The molecule has 1 aromatic heterocycles. The van der Waals surface area contributed by atoms with Gasteiger partial charge < -0.3 is 4.90 Å². The number of rotatable bonds is 4. The number of hydrogen-bond donors (Lipinski definition) is 1. The molecule has 0 radical (unpaired) electrons. The Kier molecular flexibility index (Phi) is 4.39. The molecule has 7 heteroatoms. The van der Waals surface area contributed by atoms with Gasteiger partial charge in [0.05, 0.1) is 22.3 Å². The average molecular weight is 392 g/mol. The molecule has 0 spiro atoms. The van der Waals surface area contributed by atoms with E-state index in [0.717, 1.165) is 42.5 Å². The van der Waals surface area contributed by atoms with Crippen LogP contribution in [0.3, 0.4) is 0 Å². The molecule has 148 valence electrons. The lowest BCUT2D eigenvalue weighted by molar-refractivity contribution is 0.0629. The zero-order chi connectivity index (χ0) is 20.0. The van der Waals surface area contributed by atoms with Gasteiger partial charge in [-0.3, -0.25) is 19.6 Å². The second-order valence-corrected chi connectivity index (χ2v) is 7.72. The van der Waals surface area contributed by atoms with E-state index in [9.17, 15) is 14.0 Å². The molecule has 0 atom stereocenters. The van der Waals surface area contributed by atoms with Crippen LogP contribution in [-0.4, -0.2) is 58.0 Å². The Morgan fingerprint density at radius 2 is 1.69 bits per heavy atom. The highest BCUT2D eigenvalue weighted by atomic mass is 19.1. The number of nitrogens with one attached hydrogen (secondary N) is 1. The fourth-order valence-electron chi connectivity index (χ4n) is 4.44. The number of benzene rings is 2. The number of carbonyl (C=O) groups is 2. The second-order valence-electron chi connectivity index (χ2n) is 7.72. The van der Waals surface area contributed by atoms with Gasteiger partial charge in [0, 0.05) is 24.4 Å². The zero-order valence-corrected chi connectivity index (χ0v) is 15.9. The van der Waals surface area contributed by atoms with Crippen LogP contribution in [0.25, 0.3) is 10.9 Å². The summed E-state index contributed by atoms with van der Waals surface area (Å²) in [5.74, 6) is -0.341. The zero-order valence-electron chi connectivity index (χ0n) is 15.9. The first-order chi connectivity index (χ1) is 14.1. The maximum Gasteiger partial charge on any atom is 0.261 e. The predicted molar refractivity (Wildman–Crippen MR) is 106 cm³/mol. The number of H-pyrrole nitrogens is 1. The second kappa shape index (κ2) is 7.08. The Hall–Kier alpha value is -3.06. The molecule has 6 nitrogen and oxygen atoms in total. The Labute approximate surface area is 167 Å². The lowest BCUT2D eigenvalue weighted by atomic mass is 9.91. The van der Waals surface area contributed by atoms with E-state index >= 15 is 0 Å². The van der Waals surface area contributed by atoms with Crippen LogP contribution in [0.15, 0.2) is 42.5 Å². The summed E-state index contributed by atoms with van der Waals surface area (Å²) in [5.41, 5.74) is 2.73. The molecule has 2 aromatic carbocycles. The molecular formula is C22H21FN4O2. The molecule has 29 heavy (non-hydrogen) atoms. The van der Waals surface area contributed by atoms with Crippen LogP contribution in [0.4, 0.5) is 4.39 Å². The number of carbonyl (C=O) groups excluding carboxylic acids is 2. The highest BCUT2D eigenvalue weighted by Crippen LogP contribution is 2.32. The van der Waals surface area contributed by atoms with E-state index in [4.69, 9.17) is 0 Å². The Balaban J connectivity index is 1.20. The summed E-state index contributed by atoms with van der Waals surface area (Å²) in [7, 11) is 0. The lowest BCUT2D eigenvalue weighted by Gasteiger charge is -2.32. The number of piperidine rings is 1. The fraction of sp³-hybridized carbons (Fsp3) is 0.318. The van der Waals surface area contributed by atoms with Gasteiger partial charge in [0.25, 0.3) is 11.8 Å². The SMILES string of the molecule is O=C1c2ccccc2C(=O)N1CCN1CCC(c2n[nH]c3cc(F)ccc23)CC1. The molecule has 1 fully saturated rings. The molecule has 2 amide bonds. The predicted octanol–water partition coefficient (Wildman–Crippen LogP) is 3.18. The molecule has 1 N–H and O–H groups in total. The Morgan fingerprint density at radius 3 is 2.38 bits per heavy atom. The average Bonchev–Trinajstić information content (AvgIpc) is 3.26. The Bertz CT molecular complexity index is 1070. The largest absolute Gasteiger partial charge is 0.302 e. The number of hydrogen-bond acceptors (Lipinski definition) is 4. The molecule has 3 aromatic rings. The van der Waals surface area contributed by atoms with Crippen molar-refractivity contribution in [2.45, 2.75) is 18.8 Å². The van der Waals surface area contributed by atoms with Crippen LogP contribution in [0.1, 0.15) is 45.2 Å². The highest BCUT2D eigenvalue weighted by molar-refractivity contribution is 6.21. The van der Waals surface area contributed by atoms with Gasteiger partial charge in [-0.1, -0.05) is 12.1 Å². The van der Waals surface area contributed by atoms with Gasteiger partial charge in [-0.15, -0.1) is 0 Å². The molecule has 5 rings (SSSR count). The van der Waals surface area contributed by atoms with Gasteiger partial charge in [-0.05, 0) is 56.3 Å². The lowest BCUT2D eigenvalue weighted by Crippen LogP contribution is -2.41. The molecule has 0 saturated carbocycles. The number of nitrogens with zero attached hydrogens (tertiary/aromatic N) is 3. The van der Waals surface area contributed by atoms with E-state index in [1.54, 1.807) is 30.3 Å². The van der Waals surface area contributed by atoms with Gasteiger partial charge in [0.15, 0.2) is 0 Å². The smallest absolute Gasteiger partial charge is 0.261 e. The first-order valence-corrected chi connectivity index (χ1v) is 9.93. The minimum absolute atomic E-state index is 0.198. The quantitative estimate of drug-likeness (QED) is 0.693. The van der Waals surface area contributed by atoms with Crippen molar-refractivity contribution in [1.29, 1.82) is 0 Å². The van der Waals surface area contributed by atoms with Gasteiger partial charge in [0.1, 0.15) is 5.82 Å². The van der Waals surface area contributed by atoms with E-state index in [-0.39, 0.29) is 17.6 Å². The third-order valence-electron chi connectivity index (χ3n) is 6.05. The van der Waals surface area contributed by atoms with Crippen LogP contribution in [-0.2, 0) is 0 Å². The normalized spacial score (nSPS) is 18.0. The van der Waals surface area contributed by atoms with Crippen LogP contribution >= 0.6 is 0 Å². The molecule has 2 aliphatic rings. The summed E-state index contributed by atoms with van der Waals surface area (Å²) in [6, 6.07) is 11.7. The van der Waals surface area contributed by atoms with Crippen molar-refractivity contribution in [2.75, 3.05) is 26.2 Å². The topological polar surface area (TPSA) is 69.3 Å². The van der Waals surface area contributed by atoms with E-state index in [1.165, 1.54) is 17.0 Å². The van der Waals surface area contributed by atoms with Gasteiger partial charge >= 0.3 is 0 Å². The molecular weight excluding hydrogens is 371 g/mol. The minimum atomic E-state index is -0.268. The number of fused-ring (bicyclic) bond motifs is 2. The number of halogens is 1. The number of aromatic nitrogens is 2. The van der Waals surface area contributed by atoms with Crippen LogP contribution in [0.5, 0.6) is 0 Å². The van der Waals surface area contributed by atoms with Crippen LogP contribution < -0.4 is 0 Å². The maximum atomic E-state index is 13.4. The number of aromatic amines is 1. The molecule has 0 bridgehead atoms. The van der Waals surface area contributed by atoms with Crippen molar-refractivity contribution in [3.05, 3.63) is 65.1 Å². The number of amides is 2. The summed E-state index contributed by atoms with van der Waals surface area (Å²) < 4.78 is 13.4. The summed E-state index contributed by atoms with van der Waals surface area (Å²) in [6.45, 7) is 2.83. The van der Waals surface area contributed by atoms with Gasteiger partial charge in [-0.2, -0.15) is 5.10 Å².